The first-order chi connectivity index (χ1) is 12.9. The summed E-state index contributed by atoms with van der Waals surface area (Å²) in [5.41, 5.74) is 3.16. The molecule has 0 saturated carbocycles. The van der Waals surface area contributed by atoms with Gasteiger partial charge in [0.15, 0.2) is 0 Å². The van der Waals surface area contributed by atoms with E-state index in [9.17, 15) is 14.7 Å². The van der Waals surface area contributed by atoms with Crippen molar-refractivity contribution < 1.29 is 14.7 Å². The summed E-state index contributed by atoms with van der Waals surface area (Å²) in [6.07, 6.45) is 4.33. The highest BCUT2D eigenvalue weighted by molar-refractivity contribution is 6.30. The van der Waals surface area contributed by atoms with Crippen LogP contribution in [-0.2, 0) is 16.1 Å². The van der Waals surface area contributed by atoms with E-state index in [-0.39, 0.29) is 5.91 Å². The minimum absolute atomic E-state index is 0.314. The highest BCUT2D eigenvalue weighted by Gasteiger charge is 2.30. The molecule has 3 rings (SSSR count). The molecule has 1 aliphatic carbocycles. The van der Waals surface area contributed by atoms with Gasteiger partial charge in [-0.25, -0.2) is 0 Å². The van der Waals surface area contributed by atoms with Gasteiger partial charge in [0, 0.05) is 16.9 Å². The van der Waals surface area contributed by atoms with Crippen LogP contribution >= 0.6 is 11.6 Å². The summed E-state index contributed by atoms with van der Waals surface area (Å²) in [6, 6.07) is 7.50. The van der Waals surface area contributed by atoms with Crippen molar-refractivity contribution in [2.45, 2.75) is 33.2 Å². The second-order valence-electron chi connectivity index (χ2n) is 6.79. The number of amides is 1. The molecule has 0 radical (unpaired) electrons. The number of carboxylic acids is 1. The zero-order valence-corrected chi connectivity index (χ0v) is 16.0. The van der Waals surface area contributed by atoms with Crippen molar-refractivity contribution >= 4 is 29.2 Å². The number of nitrogens with zero attached hydrogens (tertiary/aromatic N) is 2. The summed E-state index contributed by atoms with van der Waals surface area (Å²) in [4.78, 5) is 24.0. The maximum atomic E-state index is 12.7. The number of anilines is 1. The molecule has 1 N–H and O–H groups in total. The van der Waals surface area contributed by atoms with Crippen LogP contribution in [0.4, 0.5) is 5.69 Å². The van der Waals surface area contributed by atoms with Gasteiger partial charge in [-0.2, -0.15) is 5.10 Å². The molecule has 0 aliphatic heterocycles. The maximum absolute atomic E-state index is 12.7. The first-order valence-corrected chi connectivity index (χ1v) is 9.19. The van der Waals surface area contributed by atoms with Crippen LogP contribution < -0.4 is 10.4 Å². The number of benzene rings is 1. The summed E-state index contributed by atoms with van der Waals surface area (Å²) in [7, 11) is 0. The first kappa shape index (κ1) is 19.2. The van der Waals surface area contributed by atoms with E-state index in [0.29, 0.717) is 35.8 Å². The summed E-state index contributed by atoms with van der Waals surface area (Å²) in [6.45, 7) is 4.24. The number of halogens is 1. The Kier molecular flexibility index (Phi) is 5.65. The maximum Gasteiger partial charge on any atom is 0.228 e. The number of aryl methyl sites for hydroxylation is 1. The molecular formula is C20H21ClN3O3-. The Morgan fingerprint density at radius 3 is 2.44 bits per heavy atom. The van der Waals surface area contributed by atoms with Gasteiger partial charge in [0.2, 0.25) is 5.91 Å². The number of hydrogen-bond donors (Lipinski definition) is 1. The summed E-state index contributed by atoms with van der Waals surface area (Å²) in [5, 5.41) is 19.4. The van der Waals surface area contributed by atoms with Crippen LogP contribution in [0.5, 0.6) is 0 Å². The average molecular weight is 387 g/mol. The van der Waals surface area contributed by atoms with E-state index < -0.39 is 17.8 Å². The molecule has 27 heavy (non-hydrogen) atoms. The molecule has 1 aliphatic rings. The largest absolute Gasteiger partial charge is 0.550 e. The lowest BCUT2D eigenvalue weighted by molar-refractivity contribution is -0.313. The fraction of sp³-hybridized carbons (Fsp3) is 0.350. The van der Waals surface area contributed by atoms with E-state index >= 15 is 0 Å². The van der Waals surface area contributed by atoms with Crippen molar-refractivity contribution in [1.82, 2.24) is 9.78 Å². The van der Waals surface area contributed by atoms with Gasteiger partial charge in [0.25, 0.3) is 0 Å². The Morgan fingerprint density at radius 2 is 1.81 bits per heavy atom. The topological polar surface area (TPSA) is 87.0 Å². The highest BCUT2D eigenvalue weighted by Crippen LogP contribution is 2.28. The van der Waals surface area contributed by atoms with E-state index in [1.807, 2.05) is 48.9 Å². The van der Waals surface area contributed by atoms with Crippen LogP contribution in [0.1, 0.15) is 29.8 Å². The van der Waals surface area contributed by atoms with Crippen molar-refractivity contribution in [3.63, 3.8) is 0 Å². The van der Waals surface area contributed by atoms with Crippen LogP contribution in [0.2, 0.25) is 5.02 Å². The van der Waals surface area contributed by atoms with E-state index in [4.69, 9.17) is 11.6 Å². The third-order valence-electron chi connectivity index (χ3n) is 4.95. The molecule has 0 fully saturated rings. The predicted molar refractivity (Wildman–Crippen MR) is 101 cm³/mol. The van der Waals surface area contributed by atoms with Gasteiger partial charge in [-0.15, -0.1) is 0 Å². The third-order valence-corrected chi connectivity index (χ3v) is 5.20. The van der Waals surface area contributed by atoms with Crippen molar-refractivity contribution in [3.05, 3.63) is 58.4 Å². The summed E-state index contributed by atoms with van der Waals surface area (Å²) >= 11 is 5.92. The van der Waals surface area contributed by atoms with Gasteiger partial charge in [0.05, 0.1) is 29.5 Å². The molecule has 1 aromatic heterocycles. The standard InChI is InChI=1S/C20H22ClN3O3/c1-12-18(22-19(25)16-5-3-4-6-17(16)20(26)27)13(2)24(23-12)11-14-7-9-15(21)10-8-14/h3-4,7-10,16-17H,5-6,11H2,1-2H3,(H,22,25)(H,26,27)/p-1. The first-order valence-electron chi connectivity index (χ1n) is 8.82. The molecule has 142 valence electrons. The number of nitrogens with one attached hydrogen (secondary N) is 1. The van der Waals surface area contributed by atoms with Gasteiger partial charge >= 0.3 is 0 Å². The quantitative estimate of drug-likeness (QED) is 0.799. The van der Waals surface area contributed by atoms with Crippen molar-refractivity contribution in [2.24, 2.45) is 11.8 Å². The molecule has 7 heteroatoms. The van der Waals surface area contributed by atoms with Gasteiger partial charge in [-0.3, -0.25) is 9.48 Å². The zero-order chi connectivity index (χ0) is 19.6. The summed E-state index contributed by atoms with van der Waals surface area (Å²) < 4.78 is 1.81. The molecule has 2 aromatic rings. The van der Waals surface area contributed by atoms with Gasteiger partial charge in [-0.1, -0.05) is 35.9 Å². The average Bonchev–Trinajstić information content (AvgIpc) is 2.91. The number of carbonyl (C=O) groups excluding carboxylic acids is 2. The third kappa shape index (κ3) is 4.22. The minimum atomic E-state index is -1.19. The lowest BCUT2D eigenvalue weighted by atomic mass is 9.82. The van der Waals surface area contributed by atoms with Crippen LogP contribution in [0.25, 0.3) is 0 Å². The van der Waals surface area contributed by atoms with Gasteiger partial charge in [0.1, 0.15) is 0 Å². The monoisotopic (exact) mass is 386 g/mol. The fourth-order valence-electron chi connectivity index (χ4n) is 3.37. The number of carbonyl (C=O) groups is 2. The predicted octanol–water partition coefficient (Wildman–Crippen LogP) is 2.47. The molecule has 6 nitrogen and oxygen atoms in total. The Balaban J connectivity index is 1.78. The lowest BCUT2D eigenvalue weighted by Crippen LogP contribution is -2.41. The van der Waals surface area contributed by atoms with Crippen molar-refractivity contribution in [2.75, 3.05) is 5.32 Å². The normalized spacial score (nSPS) is 19.1. The SMILES string of the molecule is Cc1nn(Cc2ccc(Cl)cc2)c(C)c1NC(=O)C1CC=CCC1C(=O)[O-]. The van der Waals surface area contributed by atoms with E-state index in [0.717, 1.165) is 11.3 Å². The number of rotatable bonds is 5. The van der Waals surface area contributed by atoms with Crippen LogP contribution in [0.3, 0.4) is 0 Å². The molecule has 0 saturated heterocycles. The van der Waals surface area contributed by atoms with Crippen molar-refractivity contribution in [3.8, 4) is 0 Å². The molecule has 0 spiro atoms. The van der Waals surface area contributed by atoms with E-state index in [1.165, 1.54) is 0 Å². The molecular weight excluding hydrogens is 366 g/mol. The number of aromatic nitrogens is 2. The number of allylic oxidation sites excluding steroid dienone is 2. The number of aliphatic carboxylic acids is 1. The van der Waals surface area contributed by atoms with Gasteiger partial charge in [-0.05, 0) is 44.4 Å². The number of carboxylic acid groups (broad SMARTS) is 1. The fourth-order valence-corrected chi connectivity index (χ4v) is 3.50. The Hall–Kier alpha value is -2.60. The Bertz CT molecular complexity index is 887. The van der Waals surface area contributed by atoms with E-state index in [1.54, 1.807) is 6.08 Å². The molecule has 1 amide bonds. The van der Waals surface area contributed by atoms with Crippen molar-refractivity contribution in [1.29, 1.82) is 0 Å². The second kappa shape index (κ2) is 7.96. The van der Waals surface area contributed by atoms with Crippen LogP contribution in [-0.4, -0.2) is 21.7 Å². The highest BCUT2D eigenvalue weighted by atomic mass is 35.5. The molecule has 0 bridgehead atoms. The second-order valence-corrected chi connectivity index (χ2v) is 7.23. The lowest BCUT2D eigenvalue weighted by Gasteiger charge is -2.28. The smallest absolute Gasteiger partial charge is 0.228 e. The van der Waals surface area contributed by atoms with E-state index in [2.05, 4.69) is 10.4 Å². The molecule has 2 unspecified atom stereocenters. The molecule has 1 aromatic carbocycles. The van der Waals surface area contributed by atoms with Gasteiger partial charge < -0.3 is 15.2 Å². The minimum Gasteiger partial charge on any atom is -0.550 e. The Labute approximate surface area is 162 Å². The number of hydrogen-bond acceptors (Lipinski definition) is 4. The zero-order valence-electron chi connectivity index (χ0n) is 15.2. The molecule has 2 atom stereocenters. The Morgan fingerprint density at radius 1 is 1.19 bits per heavy atom. The van der Waals surface area contributed by atoms with Crippen LogP contribution in [0.15, 0.2) is 36.4 Å². The van der Waals surface area contributed by atoms with Crippen LogP contribution in [0, 0.1) is 25.7 Å². The summed E-state index contributed by atoms with van der Waals surface area (Å²) in [5.74, 6) is -2.95. The molecule has 1 heterocycles.